The Hall–Kier alpha value is 0.310. The summed E-state index contributed by atoms with van der Waals surface area (Å²) in [5.74, 6) is 5.52. The summed E-state index contributed by atoms with van der Waals surface area (Å²) in [6, 6.07) is 0.505. The average molecular weight is 233 g/mol. The van der Waals surface area contributed by atoms with Crippen LogP contribution in [-0.2, 0) is 0 Å². The molecule has 0 rings (SSSR count). The molecule has 0 aliphatic carbocycles. The van der Waals surface area contributed by atoms with E-state index < -0.39 is 0 Å². The van der Waals surface area contributed by atoms with Crippen molar-refractivity contribution in [3.8, 4) is 0 Å². The number of nitrogens with one attached hydrogen (secondary N) is 2. The van der Waals surface area contributed by atoms with Crippen molar-refractivity contribution in [2.75, 3.05) is 6.54 Å². The van der Waals surface area contributed by atoms with Crippen LogP contribution in [0.3, 0.4) is 0 Å². The number of nitrogens with two attached hydrogens (primary N) is 1. The summed E-state index contributed by atoms with van der Waals surface area (Å²) >= 11 is 0. The van der Waals surface area contributed by atoms with Gasteiger partial charge in [0.15, 0.2) is 0 Å². The molecule has 4 heteroatoms. The van der Waals surface area contributed by atoms with Gasteiger partial charge in [-0.05, 0) is 25.8 Å². The van der Waals surface area contributed by atoms with Gasteiger partial charge in [0.25, 0.3) is 0 Å². The predicted molar refractivity (Wildman–Crippen MR) is 71.4 cm³/mol. The van der Waals surface area contributed by atoms with Gasteiger partial charge < -0.3 is 5.09 Å². The van der Waals surface area contributed by atoms with E-state index in [1.165, 1.54) is 51.4 Å². The van der Waals surface area contributed by atoms with Crippen LogP contribution in [0.1, 0.15) is 58.3 Å². The third-order valence-electron chi connectivity index (χ3n) is 2.77. The number of rotatable bonds is 11. The van der Waals surface area contributed by atoms with E-state index in [2.05, 4.69) is 26.8 Å². The van der Waals surface area contributed by atoms with Crippen molar-refractivity contribution in [1.29, 1.82) is 0 Å². The Bertz CT molecular complexity index is 122. The minimum atomic E-state index is 0.505. The van der Waals surface area contributed by atoms with E-state index in [1.807, 2.05) is 0 Å². The zero-order valence-electron chi connectivity index (χ0n) is 10.1. The lowest BCUT2D eigenvalue weighted by Gasteiger charge is -2.15. The molecule has 4 N–H and O–H groups in total. The van der Waals surface area contributed by atoms with Crippen molar-refractivity contribution >= 4 is 9.39 Å². The van der Waals surface area contributed by atoms with Gasteiger partial charge in [0.05, 0.1) is 0 Å². The van der Waals surface area contributed by atoms with Gasteiger partial charge in [-0.25, -0.2) is 0 Å². The van der Waals surface area contributed by atoms with Gasteiger partial charge in [-0.2, -0.15) is 0 Å². The molecule has 0 amide bonds. The highest BCUT2D eigenvalue weighted by atomic mass is 31.0. The van der Waals surface area contributed by atoms with E-state index in [0.717, 1.165) is 6.54 Å². The van der Waals surface area contributed by atoms with Crippen LogP contribution in [0, 0.1) is 0 Å². The van der Waals surface area contributed by atoms with Gasteiger partial charge in [-0.15, -0.1) is 0 Å². The van der Waals surface area contributed by atoms with Crippen molar-refractivity contribution in [3.05, 3.63) is 0 Å². The van der Waals surface area contributed by atoms with Crippen LogP contribution < -0.4 is 16.4 Å². The second-order valence-electron chi connectivity index (χ2n) is 4.16. The molecule has 0 bridgehead atoms. The lowest BCUT2D eigenvalue weighted by molar-refractivity contribution is 0.430. The predicted octanol–water partition coefficient (Wildman–Crippen LogP) is 2.34. The standard InChI is InChI=1S/C11H28N3P/c1-2-3-4-5-6-8-11(14-12)9-7-10-13-15/h11,13-14H,2-10,12,15H2,1H3. The maximum absolute atomic E-state index is 5.52. The van der Waals surface area contributed by atoms with Crippen LogP contribution in [0.15, 0.2) is 0 Å². The minimum absolute atomic E-state index is 0.505. The Morgan fingerprint density at radius 1 is 1.07 bits per heavy atom. The number of hydrogen-bond donors (Lipinski definition) is 3. The quantitative estimate of drug-likeness (QED) is 0.222. The maximum atomic E-state index is 5.52. The largest absolute Gasteiger partial charge is 0.301 e. The minimum Gasteiger partial charge on any atom is -0.301 e. The molecule has 0 saturated heterocycles. The lowest BCUT2D eigenvalue weighted by atomic mass is 10.0. The first-order valence-electron chi connectivity index (χ1n) is 6.24. The summed E-state index contributed by atoms with van der Waals surface area (Å²) in [7, 11) is 2.53. The van der Waals surface area contributed by atoms with Crippen molar-refractivity contribution in [1.82, 2.24) is 10.5 Å². The van der Waals surface area contributed by atoms with Crippen LogP contribution in [0.25, 0.3) is 0 Å². The van der Waals surface area contributed by atoms with Crippen molar-refractivity contribution in [2.24, 2.45) is 5.84 Å². The third-order valence-corrected chi connectivity index (χ3v) is 3.05. The zero-order chi connectivity index (χ0) is 11.4. The van der Waals surface area contributed by atoms with Gasteiger partial charge in [-0.1, -0.05) is 48.4 Å². The van der Waals surface area contributed by atoms with E-state index in [9.17, 15) is 0 Å². The van der Waals surface area contributed by atoms with Gasteiger partial charge in [-0.3, -0.25) is 11.3 Å². The van der Waals surface area contributed by atoms with Crippen LogP contribution >= 0.6 is 9.39 Å². The molecule has 0 aliphatic rings. The average Bonchev–Trinajstić information content (AvgIpc) is 2.26. The van der Waals surface area contributed by atoms with E-state index in [1.54, 1.807) is 0 Å². The summed E-state index contributed by atoms with van der Waals surface area (Å²) in [5.41, 5.74) is 2.92. The fourth-order valence-electron chi connectivity index (χ4n) is 1.76. The molecule has 3 nitrogen and oxygen atoms in total. The molecule has 0 heterocycles. The topological polar surface area (TPSA) is 50.1 Å². The van der Waals surface area contributed by atoms with E-state index in [-0.39, 0.29) is 0 Å². The second kappa shape index (κ2) is 12.4. The van der Waals surface area contributed by atoms with E-state index in [4.69, 9.17) is 5.84 Å². The molecule has 2 atom stereocenters. The molecule has 0 fully saturated rings. The molecule has 0 spiro atoms. The van der Waals surface area contributed by atoms with Crippen LogP contribution in [0.4, 0.5) is 0 Å². The summed E-state index contributed by atoms with van der Waals surface area (Å²) in [6.07, 6.45) is 10.3. The van der Waals surface area contributed by atoms with Crippen molar-refractivity contribution in [3.63, 3.8) is 0 Å². The molecule has 2 unspecified atom stereocenters. The lowest BCUT2D eigenvalue weighted by Crippen LogP contribution is -2.35. The van der Waals surface area contributed by atoms with Crippen LogP contribution in [0.2, 0.25) is 0 Å². The molecule has 0 radical (unpaired) electrons. The summed E-state index contributed by atoms with van der Waals surface area (Å²) in [6.45, 7) is 3.30. The Morgan fingerprint density at radius 3 is 2.33 bits per heavy atom. The van der Waals surface area contributed by atoms with Crippen molar-refractivity contribution < 1.29 is 0 Å². The van der Waals surface area contributed by atoms with Gasteiger partial charge in [0.2, 0.25) is 0 Å². The summed E-state index contributed by atoms with van der Waals surface area (Å²) in [5, 5.41) is 3.08. The number of hydrogen-bond acceptors (Lipinski definition) is 3. The number of unbranched alkanes of at least 4 members (excludes halogenated alkanes) is 4. The van der Waals surface area contributed by atoms with Gasteiger partial charge in [0, 0.05) is 6.04 Å². The monoisotopic (exact) mass is 233 g/mol. The molecule has 0 aromatic heterocycles. The first-order valence-corrected chi connectivity index (χ1v) is 6.82. The Kier molecular flexibility index (Phi) is 12.6. The second-order valence-corrected chi connectivity index (χ2v) is 4.57. The fraction of sp³-hybridized carbons (Fsp3) is 1.00. The third kappa shape index (κ3) is 10.6. The van der Waals surface area contributed by atoms with Gasteiger partial charge >= 0.3 is 0 Å². The Balaban J connectivity index is 3.28. The molecule has 0 aromatic rings. The molecular weight excluding hydrogens is 205 g/mol. The Morgan fingerprint density at radius 2 is 1.73 bits per heavy atom. The highest BCUT2D eigenvalue weighted by molar-refractivity contribution is 7.13. The first-order chi connectivity index (χ1) is 7.35. The fourth-order valence-corrected chi connectivity index (χ4v) is 1.96. The molecule has 0 aliphatic heterocycles. The van der Waals surface area contributed by atoms with E-state index >= 15 is 0 Å². The molecular formula is C11H28N3P. The SMILES string of the molecule is CCCCCCCC(CCCNP)NN. The Labute approximate surface area is 97.2 Å². The maximum Gasteiger partial charge on any atom is 0.0211 e. The molecule has 0 aromatic carbocycles. The molecule has 92 valence electrons. The smallest absolute Gasteiger partial charge is 0.0211 e. The molecule has 0 saturated carbocycles. The number of hydrazine groups is 1. The van der Waals surface area contributed by atoms with Crippen LogP contribution in [0.5, 0.6) is 0 Å². The summed E-state index contributed by atoms with van der Waals surface area (Å²) in [4.78, 5) is 0. The van der Waals surface area contributed by atoms with E-state index in [0.29, 0.717) is 6.04 Å². The first kappa shape index (κ1) is 15.3. The highest BCUT2D eigenvalue weighted by Crippen LogP contribution is 2.09. The van der Waals surface area contributed by atoms with Gasteiger partial charge in [0.1, 0.15) is 0 Å². The summed E-state index contributed by atoms with van der Waals surface area (Å²) < 4.78 is 0. The molecule has 15 heavy (non-hydrogen) atoms. The van der Waals surface area contributed by atoms with Crippen molar-refractivity contribution in [2.45, 2.75) is 64.3 Å². The zero-order valence-corrected chi connectivity index (χ0v) is 11.3. The normalized spacial score (nSPS) is 13.0. The van der Waals surface area contributed by atoms with Crippen LogP contribution in [-0.4, -0.2) is 12.6 Å². The highest BCUT2D eigenvalue weighted by Gasteiger charge is 2.04.